The van der Waals surface area contributed by atoms with E-state index in [1.807, 2.05) is 6.92 Å². The lowest BCUT2D eigenvalue weighted by atomic mass is 10.5. The molecule has 0 rings (SSSR count). The molecule has 0 radical (unpaired) electrons. The van der Waals surface area contributed by atoms with Gasteiger partial charge in [-0.25, -0.2) is 4.79 Å². The van der Waals surface area contributed by atoms with Crippen molar-refractivity contribution in [2.75, 3.05) is 20.3 Å². The molecule has 3 nitrogen and oxygen atoms in total. The Balaban J connectivity index is 0. The Kier molecular flexibility index (Phi) is 10.2. The molecule has 62 valence electrons. The SMILES string of the molecule is C.CCCOC(=O)COC. The summed E-state index contributed by atoms with van der Waals surface area (Å²) in [5.74, 6) is -0.292. The topological polar surface area (TPSA) is 35.5 Å². The molecule has 0 bridgehead atoms. The van der Waals surface area contributed by atoms with Crippen molar-refractivity contribution in [2.45, 2.75) is 20.8 Å². The fourth-order valence-electron chi connectivity index (χ4n) is 0.375. The molecule has 0 fully saturated rings. The van der Waals surface area contributed by atoms with Crippen molar-refractivity contribution in [1.82, 2.24) is 0 Å². The molecule has 0 N–H and O–H groups in total. The predicted octanol–water partition coefficient (Wildman–Crippen LogP) is 1.22. The summed E-state index contributed by atoms with van der Waals surface area (Å²) >= 11 is 0. The second-order valence-electron chi connectivity index (χ2n) is 1.65. The third-order valence-corrected chi connectivity index (χ3v) is 0.729. The van der Waals surface area contributed by atoms with Crippen LogP contribution in [0.4, 0.5) is 0 Å². The van der Waals surface area contributed by atoms with Crippen molar-refractivity contribution < 1.29 is 14.3 Å². The van der Waals surface area contributed by atoms with E-state index < -0.39 is 0 Å². The lowest BCUT2D eigenvalue weighted by Gasteiger charge is -1.99. The van der Waals surface area contributed by atoms with Gasteiger partial charge in [-0.1, -0.05) is 14.4 Å². The predicted molar refractivity (Wildman–Crippen MR) is 39.9 cm³/mol. The van der Waals surface area contributed by atoms with Crippen molar-refractivity contribution in [3.8, 4) is 0 Å². The summed E-state index contributed by atoms with van der Waals surface area (Å²) in [6, 6.07) is 0. The summed E-state index contributed by atoms with van der Waals surface area (Å²) in [6.45, 7) is 2.49. The molecule has 0 heterocycles. The lowest BCUT2D eigenvalue weighted by Crippen LogP contribution is -2.11. The van der Waals surface area contributed by atoms with Crippen LogP contribution in [-0.2, 0) is 14.3 Å². The van der Waals surface area contributed by atoms with Gasteiger partial charge in [0, 0.05) is 7.11 Å². The first kappa shape index (κ1) is 12.1. The van der Waals surface area contributed by atoms with Crippen molar-refractivity contribution in [2.24, 2.45) is 0 Å². The minimum absolute atomic E-state index is 0. The van der Waals surface area contributed by atoms with E-state index in [0.717, 1.165) is 6.42 Å². The molecule has 0 saturated heterocycles. The minimum Gasteiger partial charge on any atom is -0.464 e. The summed E-state index contributed by atoms with van der Waals surface area (Å²) in [7, 11) is 1.47. The van der Waals surface area contributed by atoms with Gasteiger partial charge in [0.2, 0.25) is 0 Å². The van der Waals surface area contributed by atoms with Gasteiger partial charge in [0.25, 0.3) is 0 Å². The number of esters is 1. The fraction of sp³-hybridized carbons (Fsp3) is 0.857. The fourth-order valence-corrected chi connectivity index (χ4v) is 0.375. The zero-order valence-electron chi connectivity index (χ0n) is 5.85. The highest BCUT2D eigenvalue weighted by molar-refractivity contribution is 5.70. The third-order valence-electron chi connectivity index (χ3n) is 0.729. The second kappa shape index (κ2) is 8.43. The molecule has 0 atom stereocenters. The van der Waals surface area contributed by atoms with Crippen LogP contribution >= 0.6 is 0 Å². The van der Waals surface area contributed by atoms with Crippen LogP contribution in [0.25, 0.3) is 0 Å². The Bertz CT molecular complexity index is 80.9. The number of carbonyl (C=O) groups is 1. The Labute approximate surface area is 62.3 Å². The number of hydrogen-bond donors (Lipinski definition) is 0. The van der Waals surface area contributed by atoms with Crippen LogP contribution in [0, 0.1) is 0 Å². The molecule has 0 aliphatic carbocycles. The highest BCUT2D eigenvalue weighted by Gasteiger charge is 1.97. The summed E-state index contributed by atoms with van der Waals surface area (Å²) in [5.41, 5.74) is 0. The lowest BCUT2D eigenvalue weighted by molar-refractivity contribution is -0.147. The van der Waals surface area contributed by atoms with Crippen molar-refractivity contribution in [1.29, 1.82) is 0 Å². The first-order chi connectivity index (χ1) is 4.31. The van der Waals surface area contributed by atoms with Crippen molar-refractivity contribution in [3.63, 3.8) is 0 Å². The first-order valence-corrected chi connectivity index (χ1v) is 2.95. The van der Waals surface area contributed by atoms with Gasteiger partial charge in [-0.2, -0.15) is 0 Å². The van der Waals surface area contributed by atoms with Gasteiger partial charge < -0.3 is 9.47 Å². The smallest absolute Gasteiger partial charge is 0.332 e. The molecule has 3 heteroatoms. The van der Waals surface area contributed by atoms with Crippen LogP contribution in [0.3, 0.4) is 0 Å². The zero-order chi connectivity index (χ0) is 7.11. The number of hydrogen-bond acceptors (Lipinski definition) is 3. The quantitative estimate of drug-likeness (QED) is 0.562. The molecule has 0 unspecified atom stereocenters. The Morgan fingerprint density at radius 1 is 1.50 bits per heavy atom. The van der Waals surface area contributed by atoms with E-state index in [0.29, 0.717) is 6.61 Å². The Morgan fingerprint density at radius 2 is 2.10 bits per heavy atom. The number of ether oxygens (including phenoxy) is 2. The van der Waals surface area contributed by atoms with Gasteiger partial charge in [0.1, 0.15) is 6.61 Å². The molecular weight excluding hydrogens is 132 g/mol. The van der Waals surface area contributed by atoms with Gasteiger partial charge in [0.05, 0.1) is 6.61 Å². The van der Waals surface area contributed by atoms with E-state index in [-0.39, 0.29) is 20.0 Å². The maximum atomic E-state index is 10.5. The maximum absolute atomic E-state index is 10.5. The van der Waals surface area contributed by atoms with E-state index >= 15 is 0 Å². The van der Waals surface area contributed by atoms with Crippen molar-refractivity contribution >= 4 is 5.97 Å². The Morgan fingerprint density at radius 3 is 2.50 bits per heavy atom. The van der Waals surface area contributed by atoms with E-state index in [1.54, 1.807) is 0 Å². The normalized spacial score (nSPS) is 8.20. The molecule has 0 aliphatic heterocycles. The van der Waals surface area contributed by atoms with Crippen LogP contribution in [0.15, 0.2) is 0 Å². The number of methoxy groups -OCH3 is 1. The highest BCUT2D eigenvalue weighted by Crippen LogP contribution is 1.81. The summed E-state index contributed by atoms with van der Waals surface area (Å²) in [5, 5.41) is 0. The highest BCUT2D eigenvalue weighted by atomic mass is 16.6. The maximum Gasteiger partial charge on any atom is 0.332 e. The van der Waals surface area contributed by atoms with E-state index in [2.05, 4.69) is 9.47 Å². The molecule has 0 aromatic carbocycles. The molecule has 10 heavy (non-hydrogen) atoms. The average Bonchev–Trinajstić information content (AvgIpc) is 1.85. The Hall–Kier alpha value is -0.570. The third kappa shape index (κ3) is 7.43. The van der Waals surface area contributed by atoms with E-state index in [1.165, 1.54) is 7.11 Å². The molecule has 0 aromatic heterocycles. The van der Waals surface area contributed by atoms with Gasteiger partial charge in [-0.15, -0.1) is 0 Å². The summed E-state index contributed by atoms with van der Waals surface area (Å²) < 4.78 is 9.19. The molecule has 0 aromatic rings. The number of carbonyl (C=O) groups excluding carboxylic acids is 1. The van der Waals surface area contributed by atoms with Crippen LogP contribution < -0.4 is 0 Å². The van der Waals surface area contributed by atoms with Crippen LogP contribution in [-0.4, -0.2) is 26.3 Å². The first-order valence-electron chi connectivity index (χ1n) is 2.95. The summed E-state index contributed by atoms with van der Waals surface area (Å²) in [4.78, 5) is 10.5. The van der Waals surface area contributed by atoms with Crippen molar-refractivity contribution in [3.05, 3.63) is 0 Å². The van der Waals surface area contributed by atoms with Crippen LogP contribution in [0.1, 0.15) is 20.8 Å². The van der Waals surface area contributed by atoms with Gasteiger partial charge >= 0.3 is 5.97 Å². The summed E-state index contributed by atoms with van der Waals surface area (Å²) in [6.07, 6.45) is 0.857. The largest absolute Gasteiger partial charge is 0.464 e. The monoisotopic (exact) mass is 148 g/mol. The van der Waals surface area contributed by atoms with Gasteiger partial charge in [-0.3, -0.25) is 0 Å². The molecule has 0 spiro atoms. The zero-order valence-corrected chi connectivity index (χ0v) is 5.85. The second-order valence-corrected chi connectivity index (χ2v) is 1.65. The molecule has 0 amide bonds. The standard InChI is InChI=1S/C6H12O3.CH4/c1-3-4-9-6(7)5-8-2;/h3-5H2,1-2H3;1H4. The average molecular weight is 148 g/mol. The van der Waals surface area contributed by atoms with Crippen LogP contribution in [0.2, 0.25) is 0 Å². The number of rotatable bonds is 4. The van der Waals surface area contributed by atoms with E-state index in [4.69, 9.17) is 0 Å². The molecule has 0 aliphatic rings. The molecular formula is C7H16O3. The van der Waals surface area contributed by atoms with Gasteiger partial charge in [0.15, 0.2) is 0 Å². The molecule has 0 saturated carbocycles. The van der Waals surface area contributed by atoms with Crippen LogP contribution in [0.5, 0.6) is 0 Å². The minimum atomic E-state index is -0.292. The van der Waals surface area contributed by atoms with E-state index in [9.17, 15) is 4.79 Å². The van der Waals surface area contributed by atoms with Gasteiger partial charge in [-0.05, 0) is 6.42 Å².